The second-order valence-corrected chi connectivity index (χ2v) is 4.71. The smallest absolute Gasteiger partial charge is 0.256 e. The summed E-state index contributed by atoms with van der Waals surface area (Å²) in [7, 11) is 0. The van der Waals surface area contributed by atoms with E-state index in [9.17, 15) is 9.18 Å². The maximum atomic E-state index is 13.6. The Morgan fingerprint density at radius 3 is 2.63 bits per heavy atom. The molecule has 0 saturated carbocycles. The van der Waals surface area contributed by atoms with E-state index in [1.807, 2.05) is 18.4 Å². The molecule has 5 heteroatoms. The second kappa shape index (κ2) is 5.75. The van der Waals surface area contributed by atoms with Gasteiger partial charge in [0.05, 0.1) is 11.3 Å². The first-order valence-electron chi connectivity index (χ1n) is 5.62. The zero-order valence-electron chi connectivity index (χ0n) is 10.3. The molecule has 0 aliphatic carbocycles. The van der Waals surface area contributed by atoms with Gasteiger partial charge in [0.1, 0.15) is 11.5 Å². The summed E-state index contributed by atoms with van der Waals surface area (Å²) >= 11 is 1.46. The van der Waals surface area contributed by atoms with Crippen LogP contribution in [0.2, 0.25) is 0 Å². The number of hydrogen-bond donors (Lipinski definition) is 2. The Hall–Kier alpha value is -2.01. The summed E-state index contributed by atoms with van der Waals surface area (Å²) in [6.45, 7) is 0. The fraction of sp³-hybridized carbons (Fsp3) is 0.0714. The Labute approximate surface area is 115 Å². The van der Waals surface area contributed by atoms with Crippen LogP contribution in [-0.4, -0.2) is 12.2 Å². The molecule has 3 N–H and O–H groups in total. The number of hydrogen-bond acceptors (Lipinski definition) is 3. The van der Waals surface area contributed by atoms with Crippen molar-refractivity contribution in [2.75, 3.05) is 17.3 Å². The first kappa shape index (κ1) is 13.4. The molecule has 0 aliphatic rings. The Balaban J connectivity index is 2.31. The number of benzene rings is 2. The molecule has 2 aromatic carbocycles. The standard InChI is InChI=1S/C14H13FN2OS/c1-19-12-8-3-2-5-9(12)14(18)17-13-10(15)6-4-7-11(13)16/h2-8H,16H2,1H3,(H,17,18). The van der Waals surface area contributed by atoms with Crippen LogP contribution in [0.1, 0.15) is 10.4 Å². The fourth-order valence-electron chi connectivity index (χ4n) is 1.69. The quantitative estimate of drug-likeness (QED) is 0.667. The average Bonchev–Trinajstić information content (AvgIpc) is 2.42. The molecule has 2 rings (SSSR count). The summed E-state index contributed by atoms with van der Waals surface area (Å²) in [5.41, 5.74) is 6.38. The third-order valence-corrected chi connectivity index (χ3v) is 3.43. The number of carbonyl (C=O) groups excluding carboxylic acids is 1. The van der Waals surface area contributed by atoms with Gasteiger partial charge in [0.15, 0.2) is 0 Å². The van der Waals surface area contributed by atoms with Gasteiger partial charge in [0.25, 0.3) is 5.91 Å². The van der Waals surface area contributed by atoms with Crippen LogP contribution >= 0.6 is 11.8 Å². The van der Waals surface area contributed by atoms with E-state index >= 15 is 0 Å². The first-order valence-corrected chi connectivity index (χ1v) is 6.84. The number of para-hydroxylation sites is 1. The molecule has 0 fully saturated rings. The molecule has 0 atom stereocenters. The van der Waals surface area contributed by atoms with E-state index in [2.05, 4.69) is 5.32 Å². The van der Waals surface area contributed by atoms with Crippen LogP contribution in [0.5, 0.6) is 0 Å². The van der Waals surface area contributed by atoms with Crippen molar-refractivity contribution in [1.29, 1.82) is 0 Å². The highest BCUT2D eigenvalue weighted by molar-refractivity contribution is 7.98. The van der Waals surface area contributed by atoms with E-state index in [0.717, 1.165) is 4.90 Å². The molecule has 0 aromatic heterocycles. The number of nitrogens with one attached hydrogen (secondary N) is 1. The van der Waals surface area contributed by atoms with E-state index in [-0.39, 0.29) is 17.3 Å². The molecule has 2 aromatic rings. The zero-order valence-corrected chi connectivity index (χ0v) is 11.1. The van der Waals surface area contributed by atoms with Gasteiger partial charge >= 0.3 is 0 Å². The van der Waals surface area contributed by atoms with Crippen molar-refractivity contribution in [3.63, 3.8) is 0 Å². The minimum atomic E-state index is -0.546. The van der Waals surface area contributed by atoms with E-state index < -0.39 is 5.82 Å². The Morgan fingerprint density at radius 1 is 1.21 bits per heavy atom. The predicted octanol–water partition coefficient (Wildman–Crippen LogP) is 3.38. The highest BCUT2D eigenvalue weighted by Crippen LogP contribution is 2.25. The molecular weight excluding hydrogens is 263 g/mol. The molecular formula is C14H13FN2OS. The predicted molar refractivity (Wildman–Crippen MR) is 77.0 cm³/mol. The lowest BCUT2D eigenvalue weighted by molar-refractivity contribution is 0.102. The molecule has 0 heterocycles. The molecule has 19 heavy (non-hydrogen) atoms. The van der Waals surface area contributed by atoms with Crippen LogP contribution < -0.4 is 11.1 Å². The largest absolute Gasteiger partial charge is 0.397 e. The summed E-state index contributed by atoms with van der Waals surface area (Å²) in [6.07, 6.45) is 1.88. The van der Waals surface area contributed by atoms with E-state index in [1.54, 1.807) is 18.2 Å². The number of nitrogen functional groups attached to an aromatic ring is 1. The van der Waals surface area contributed by atoms with Crippen molar-refractivity contribution in [3.05, 3.63) is 53.8 Å². The normalized spacial score (nSPS) is 10.2. The van der Waals surface area contributed by atoms with E-state index in [4.69, 9.17) is 5.73 Å². The number of carbonyl (C=O) groups is 1. The average molecular weight is 276 g/mol. The third-order valence-electron chi connectivity index (χ3n) is 2.64. The van der Waals surface area contributed by atoms with Gasteiger partial charge in [-0.1, -0.05) is 18.2 Å². The molecule has 0 bridgehead atoms. The van der Waals surface area contributed by atoms with Crippen LogP contribution in [0, 0.1) is 5.82 Å². The van der Waals surface area contributed by atoms with Crippen LogP contribution in [-0.2, 0) is 0 Å². The lowest BCUT2D eigenvalue weighted by atomic mass is 10.2. The second-order valence-electron chi connectivity index (χ2n) is 3.86. The van der Waals surface area contributed by atoms with Crippen molar-refractivity contribution < 1.29 is 9.18 Å². The van der Waals surface area contributed by atoms with Crippen molar-refractivity contribution in [3.8, 4) is 0 Å². The molecule has 0 saturated heterocycles. The molecule has 3 nitrogen and oxygen atoms in total. The summed E-state index contributed by atoms with van der Waals surface area (Å²) in [5, 5.41) is 2.52. The number of amides is 1. The summed E-state index contributed by atoms with van der Waals surface area (Å²) < 4.78 is 13.6. The van der Waals surface area contributed by atoms with Crippen molar-refractivity contribution in [2.24, 2.45) is 0 Å². The highest BCUT2D eigenvalue weighted by atomic mass is 32.2. The van der Waals surface area contributed by atoms with Crippen molar-refractivity contribution >= 4 is 29.0 Å². The van der Waals surface area contributed by atoms with Gasteiger partial charge < -0.3 is 11.1 Å². The topological polar surface area (TPSA) is 55.1 Å². The molecule has 1 amide bonds. The first-order chi connectivity index (χ1) is 9.13. The lowest BCUT2D eigenvalue weighted by Crippen LogP contribution is -2.15. The van der Waals surface area contributed by atoms with Gasteiger partial charge in [-0.3, -0.25) is 4.79 Å². The van der Waals surface area contributed by atoms with Gasteiger partial charge in [-0.25, -0.2) is 4.39 Å². The summed E-state index contributed by atoms with van der Waals surface area (Å²) in [5.74, 6) is -0.920. The molecule has 0 aliphatic heterocycles. The van der Waals surface area contributed by atoms with Crippen LogP contribution in [0.4, 0.5) is 15.8 Å². The summed E-state index contributed by atoms with van der Waals surface area (Å²) in [4.78, 5) is 13.0. The van der Waals surface area contributed by atoms with Gasteiger partial charge in [-0.05, 0) is 30.5 Å². The monoisotopic (exact) mass is 276 g/mol. The number of anilines is 2. The number of nitrogens with two attached hydrogens (primary N) is 1. The molecule has 0 spiro atoms. The van der Waals surface area contributed by atoms with Crippen LogP contribution in [0.3, 0.4) is 0 Å². The lowest BCUT2D eigenvalue weighted by Gasteiger charge is -2.11. The Bertz CT molecular complexity index is 596. The molecule has 0 radical (unpaired) electrons. The van der Waals surface area contributed by atoms with Gasteiger partial charge in [0, 0.05) is 4.90 Å². The minimum Gasteiger partial charge on any atom is -0.397 e. The van der Waals surface area contributed by atoms with Crippen molar-refractivity contribution in [2.45, 2.75) is 4.90 Å². The molecule has 98 valence electrons. The number of halogens is 1. The van der Waals surface area contributed by atoms with Crippen molar-refractivity contribution in [1.82, 2.24) is 0 Å². The number of thioether (sulfide) groups is 1. The van der Waals surface area contributed by atoms with Gasteiger partial charge in [0.2, 0.25) is 0 Å². The summed E-state index contributed by atoms with van der Waals surface area (Å²) in [6, 6.07) is 11.4. The maximum Gasteiger partial charge on any atom is 0.256 e. The third kappa shape index (κ3) is 2.88. The van der Waals surface area contributed by atoms with Crippen LogP contribution in [0.25, 0.3) is 0 Å². The van der Waals surface area contributed by atoms with Gasteiger partial charge in [-0.15, -0.1) is 11.8 Å². The Kier molecular flexibility index (Phi) is 4.06. The maximum absolute atomic E-state index is 13.6. The van der Waals surface area contributed by atoms with Crippen LogP contribution in [0.15, 0.2) is 47.4 Å². The van der Waals surface area contributed by atoms with E-state index in [0.29, 0.717) is 5.56 Å². The Morgan fingerprint density at radius 2 is 1.95 bits per heavy atom. The molecule has 0 unspecified atom stereocenters. The van der Waals surface area contributed by atoms with Gasteiger partial charge in [-0.2, -0.15) is 0 Å². The highest BCUT2D eigenvalue weighted by Gasteiger charge is 2.14. The van der Waals surface area contributed by atoms with E-state index in [1.165, 1.54) is 23.9 Å². The SMILES string of the molecule is CSc1ccccc1C(=O)Nc1c(N)cccc1F. The minimum absolute atomic E-state index is 0.0170. The number of rotatable bonds is 3. The fourth-order valence-corrected chi connectivity index (χ4v) is 2.28. The zero-order chi connectivity index (χ0) is 13.8.